The molecule has 1 heterocycles. The van der Waals surface area contributed by atoms with Crippen molar-refractivity contribution in [2.24, 2.45) is 12.0 Å². The fraction of sp³-hybridized carbons (Fsp3) is 0.238. The van der Waals surface area contributed by atoms with Crippen molar-refractivity contribution >= 4 is 11.5 Å². The molecule has 0 unspecified atom stereocenters. The SMILES string of the molecule is Cc1ccc(C(=Nc2c(C)cc(C)cc2C)n2cc[n+](C)c2)cc1. The average Bonchev–Trinajstić information content (AvgIpc) is 2.94. The molecule has 0 spiro atoms. The molecular weight excluding hydrogens is 294 g/mol. The molecule has 0 atom stereocenters. The van der Waals surface area contributed by atoms with Crippen molar-refractivity contribution < 1.29 is 4.57 Å². The Bertz CT molecular complexity index is 876. The zero-order chi connectivity index (χ0) is 17.3. The Balaban J connectivity index is 2.20. The molecule has 0 saturated heterocycles. The molecule has 0 aliphatic rings. The van der Waals surface area contributed by atoms with Crippen molar-refractivity contribution in [3.05, 3.63) is 82.9 Å². The average molecular weight is 318 g/mol. The molecule has 122 valence electrons. The van der Waals surface area contributed by atoms with Crippen LogP contribution in [0.1, 0.15) is 27.8 Å². The van der Waals surface area contributed by atoms with E-state index in [4.69, 9.17) is 4.99 Å². The number of aliphatic imine (C=N–C) groups is 1. The highest BCUT2D eigenvalue weighted by atomic mass is 15.1. The van der Waals surface area contributed by atoms with Gasteiger partial charge in [-0.25, -0.2) is 9.56 Å². The van der Waals surface area contributed by atoms with Gasteiger partial charge in [-0.15, -0.1) is 0 Å². The smallest absolute Gasteiger partial charge is 0.239 e. The van der Waals surface area contributed by atoms with Gasteiger partial charge in [0.1, 0.15) is 12.4 Å². The van der Waals surface area contributed by atoms with Crippen LogP contribution in [0.15, 0.2) is 60.1 Å². The van der Waals surface area contributed by atoms with Crippen LogP contribution in [0.25, 0.3) is 0 Å². The summed E-state index contributed by atoms with van der Waals surface area (Å²) < 4.78 is 4.10. The van der Waals surface area contributed by atoms with Crippen molar-refractivity contribution in [1.82, 2.24) is 4.57 Å². The number of imidazole rings is 1. The lowest BCUT2D eigenvalue weighted by atomic mass is 10.1. The Morgan fingerprint density at radius 1 is 0.917 bits per heavy atom. The van der Waals surface area contributed by atoms with Crippen molar-refractivity contribution in [1.29, 1.82) is 0 Å². The molecule has 0 fully saturated rings. The molecule has 3 nitrogen and oxygen atoms in total. The van der Waals surface area contributed by atoms with E-state index in [1.165, 1.54) is 22.3 Å². The van der Waals surface area contributed by atoms with E-state index in [1.807, 2.05) is 30.3 Å². The summed E-state index contributed by atoms with van der Waals surface area (Å²) in [4.78, 5) is 5.05. The van der Waals surface area contributed by atoms with Crippen LogP contribution >= 0.6 is 0 Å². The van der Waals surface area contributed by atoms with Gasteiger partial charge in [0.05, 0.1) is 12.7 Å². The minimum absolute atomic E-state index is 0.936. The Hall–Kier alpha value is -2.68. The maximum Gasteiger partial charge on any atom is 0.250 e. The van der Waals surface area contributed by atoms with E-state index < -0.39 is 0 Å². The number of nitrogens with zero attached hydrogens (tertiary/aromatic N) is 3. The molecule has 1 aromatic heterocycles. The summed E-state index contributed by atoms with van der Waals surface area (Å²) in [7, 11) is 2.02. The largest absolute Gasteiger partial charge is 0.250 e. The number of aromatic nitrogens is 2. The number of aryl methyl sites for hydroxylation is 5. The van der Waals surface area contributed by atoms with Gasteiger partial charge in [-0.1, -0.05) is 35.4 Å². The maximum absolute atomic E-state index is 5.05. The molecule has 0 aliphatic carbocycles. The standard InChI is InChI=1S/C21H24N3/c1-15-6-8-19(9-7-15)21(24-11-10-23(5)14-24)22-20-17(3)12-16(2)13-18(20)4/h6-14H,1-5H3/q+1. The van der Waals surface area contributed by atoms with Gasteiger partial charge in [-0.2, -0.15) is 4.57 Å². The molecule has 24 heavy (non-hydrogen) atoms. The first kappa shape index (κ1) is 16.2. The van der Waals surface area contributed by atoms with Crippen molar-refractivity contribution in [3.63, 3.8) is 0 Å². The Morgan fingerprint density at radius 2 is 1.54 bits per heavy atom. The molecule has 2 aromatic carbocycles. The quantitative estimate of drug-likeness (QED) is 0.384. The van der Waals surface area contributed by atoms with Gasteiger partial charge in [0.25, 0.3) is 0 Å². The third kappa shape index (κ3) is 3.30. The van der Waals surface area contributed by atoms with Gasteiger partial charge in [-0.3, -0.25) is 0 Å². The highest BCUT2D eigenvalue weighted by Gasteiger charge is 2.15. The first-order chi connectivity index (χ1) is 11.4. The second kappa shape index (κ2) is 6.44. The summed E-state index contributed by atoms with van der Waals surface area (Å²) in [6.07, 6.45) is 6.10. The van der Waals surface area contributed by atoms with Gasteiger partial charge in [0, 0.05) is 5.56 Å². The third-order valence-electron chi connectivity index (χ3n) is 4.18. The fourth-order valence-electron chi connectivity index (χ4n) is 3.00. The summed E-state index contributed by atoms with van der Waals surface area (Å²) in [5.41, 5.74) is 7.08. The predicted octanol–water partition coefficient (Wildman–Crippen LogP) is 4.17. The predicted molar refractivity (Wildman–Crippen MR) is 99.0 cm³/mol. The zero-order valence-electron chi connectivity index (χ0n) is 15.0. The van der Waals surface area contributed by atoms with Crippen LogP contribution in [-0.4, -0.2) is 10.4 Å². The van der Waals surface area contributed by atoms with E-state index in [1.54, 1.807) is 0 Å². The van der Waals surface area contributed by atoms with Crippen molar-refractivity contribution in [2.45, 2.75) is 27.7 Å². The van der Waals surface area contributed by atoms with Gasteiger partial charge >= 0.3 is 0 Å². The van der Waals surface area contributed by atoms with Gasteiger partial charge < -0.3 is 0 Å². The lowest BCUT2D eigenvalue weighted by Gasteiger charge is -2.09. The minimum Gasteiger partial charge on any atom is -0.239 e. The number of hydrogen-bond acceptors (Lipinski definition) is 1. The van der Waals surface area contributed by atoms with E-state index in [2.05, 4.69) is 68.7 Å². The van der Waals surface area contributed by atoms with Crippen LogP contribution in [-0.2, 0) is 7.05 Å². The van der Waals surface area contributed by atoms with E-state index in [0.29, 0.717) is 0 Å². The fourth-order valence-corrected chi connectivity index (χ4v) is 3.00. The second-order valence-corrected chi connectivity index (χ2v) is 6.54. The monoisotopic (exact) mass is 318 g/mol. The Kier molecular flexibility index (Phi) is 4.34. The molecule has 0 aliphatic heterocycles. The Labute approximate surface area is 143 Å². The zero-order valence-corrected chi connectivity index (χ0v) is 15.0. The normalized spacial score (nSPS) is 11.8. The van der Waals surface area contributed by atoms with Crippen LogP contribution in [0, 0.1) is 27.7 Å². The van der Waals surface area contributed by atoms with E-state index in [-0.39, 0.29) is 0 Å². The summed E-state index contributed by atoms with van der Waals surface area (Å²) in [6, 6.07) is 12.9. The molecule has 0 N–H and O–H groups in total. The summed E-state index contributed by atoms with van der Waals surface area (Å²) in [5.74, 6) is 0.936. The topological polar surface area (TPSA) is 21.2 Å². The van der Waals surface area contributed by atoms with E-state index >= 15 is 0 Å². The molecule has 0 amide bonds. The van der Waals surface area contributed by atoms with Gasteiger partial charge in [0.15, 0.2) is 0 Å². The van der Waals surface area contributed by atoms with Crippen LogP contribution in [0.2, 0.25) is 0 Å². The molecule has 3 aromatic rings. The number of hydrogen-bond donors (Lipinski definition) is 0. The molecule has 3 rings (SSSR count). The number of rotatable bonds is 2. The highest BCUT2D eigenvalue weighted by molar-refractivity contribution is 6.02. The Morgan fingerprint density at radius 3 is 2.08 bits per heavy atom. The highest BCUT2D eigenvalue weighted by Crippen LogP contribution is 2.26. The molecule has 3 heteroatoms. The van der Waals surface area contributed by atoms with E-state index in [9.17, 15) is 0 Å². The van der Waals surface area contributed by atoms with Crippen LogP contribution < -0.4 is 4.57 Å². The minimum atomic E-state index is 0.936. The summed E-state index contributed by atoms with van der Waals surface area (Å²) in [6.45, 7) is 8.48. The molecular formula is C21H24N3+. The van der Waals surface area contributed by atoms with Crippen molar-refractivity contribution in [3.8, 4) is 0 Å². The third-order valence-corrected chi connectivity index (χ3v) is 4.18. The van der Waals surface area contributed by atoms with Crippen LogP contribution in [0.5, 0.6) is 0 Å². The maximum atomic E-state index is 5.05. The molecule has 0 saturated carbocycles. The lowest BCUT2D eigenvalue weighted by Crippen LogP contribution is -2.25. The van der Waals surface area contributed by atoms with Gasteiger partial charge in [-0.05, 0) is 51.0 Å². The second-order valence-electron chi connectivity index (χ2n) is 6.54. The number of benzene rings is 2. The first-order valence-corrected chi connectivity index (χ1v) is 8.21. The summed E-state index contributed by atoms with van der Waals surface area (Å²) in [5, 5.41) is 0. The molecule has 0 bridgehead atoms. The molecule has 0 radical (unpaired) electrons. The van der Waals surface area contributed by atoms with Crippen LogP contribution in [0.3, 0.4) is 0 Å². The lowest BCUT2D eigenvalue weighted by molar-refractivity contribution is -0.670. The summed E-state index contributed by atoms with van der Waals surface area (Å²) >= 11 is 0. The van der Waals surface area contributed by atoms with Crippen LogP contribution in [0.4, 0.5) is 5.69 Å². The van der Waals surface area contributed by atoms with Gasteiger partial charge in [0.2, 0.25) is 12.2 Å². The first-order valence-electron chi connectivity index (χ1n) is 8.21. The van der Waals surface area contributed by atoms with E-state index in [0.717, 1.165) is 17.1 Å². The van der Waals surface area contributed by atoms with Crippen molar-refractivity contribution in [2.75, 3.05) is 0 Å².